The summed E-state index contributed by atoms with van der Waals surface area (Å²) >= 11 is 5.85. The van der Waals surface area contributed by atoms with E-state index in [9.17, 15) is 18.0 Å². The molecule has 0 saturated heterocycles. The van der Waals surface area contributed by atoms with E-state index in [1.54, 1.807) is 43.3 Å². The standard InChI is InChI=1S/C22H24ClN5O4S/c1-3-18-10-16(11-25-13-29)20(21(24)26-18)28-14(2)4-9-19(22(28)30)27-33(31,32)12-15-5-7-17(23)8-6-15/h4-10,13,27H,3,11-12H2,1-2H3,(H2,24,26)(H,25,29). The van der Waals surface area contributed by atoms with Crippen molar-refractivity contribution in [3.63, 3.8) is 0 Å². The molecular weight excluding hydrogens is 466 g/mol. The first-order chi connectivity index (χ1) is 15.6. The number of nitrogens with one attached hydrogen (secondary N) is 2. The van der Waals surface area contributed by atoms with Gasteiger partial charge in [0.1, 0.15) is 11.5 Å². The predicted octanol–water partition coefficient (Wildman–Crippen LogP) is 2.53. The molecule has 11 heteroatoms. The smallest absolute Gasteiger partial charge is 0.279 e. The molecule has 0 radical (unpaired) electrons. The van der Waals surface area contributed by atoms with Crippen LogP contribution in [0, 0.1) is 6.92 Å². The van der Waals surface area contributed by atoms with E-state index >= 15 is 0 Å². The predicted molar refractivity (Wildman–Crippen MR) is 129 cm³/mol. The first-order valence-corrected chi connectivity index (χ1v) is 12.1. The maximum Gasteiger partial charge on any atom is 0.279 e. The fourth-order valence-electron chi connectivity index (χ4n) is 3.39. The molecule has 0 saturated carbocycles. The number of benzene rings is 1. The van der Waals surface area contributed by atoms with E-state index in [1.165, 1.54) is 10.6 Å². The summed E-state index contributed by atoms with van der Waals surface area (Å²) in [6.45, 7) is 3.72. The number of hydrogen-bond acceptors (Lipinski definition) is 6. The Bertz CT molecular complexity index is 1340. The Morgan fingerprint density at radius 2 is 1.88 bits per heavy atom. The van der Waals surface area contributed by atoms with E-state index in [0.717, 1.165) is 0 Å². The minimum Gasteiger partial charge on any atom is -0.382 e. The highest BCUT2D eigenvalue weighted by Crippen LogP contribution is 2.23. The largest absolute Gasteiger partial charge is 0.382 e. The number of carbonyl (C=O) groups is 1. The number of rotatable bonds is 9. The van der Waals surface area contributed by atoms with Crippen LogP contribution in [-0.2, 0) is 33.5 Å². The van der Waals surface area contributed by atoms with Crippen molar-refractivity contribution in [2.45, 2.75) is 32.6 Å². The van der Waals surface area contributed by atoms with Crippen LogP contribution in [0.25, 0.3) is 5.69 Å². The number of halogens is 1. The molecule has 0 aliphatic rings. The van der Waals surface area contributed by atoms with Gasteiger partial charge >= 0.3 is 0 Å². The van der Waals surface area contributed by atoms with E-state index < -0.39 is 15.6 Å². The van der Waals surface area contributed by atoms with E-state index in [4.69, 9.17) is 17.3 Å². The molecule has 174 valence electrons. The van der Waals surface area contributed by atoms with Crippen LogP contribution in [-0.4, -0.2) is 24.4 Å². The minimum atomic E-state index is -3.89. The Balaban J connectivity index is 2.05. The van der Waals surface area contributed by atoms with Gasteiger partial charge in [0.15, 0.2) is 0 Å². The van der Waals surface area contributed by atoms with Gasteiger partial charge in [-0.15, -0.1) is 0 Å². The number of anilines is 2. The number of carbonyl (C=O) groups excluding carboxylic acids is 1. The zero-order chi connectivity index (χ0) is 24.2. The van der Waals surface area contributed by atoms with Crippen molar-refractivity contribution < 1.29 is 13.2 Å². The van der Waals surface area contributed by atoms with Gasteiger partial charge in [-0.1, -0.05) is 30.7 Å². The summed E-state index contributed by atoms with van der Waals surface area (Å²) in [4.78, 5) is 28.5. The van der Waals surface area contributed by atoms with Gasteiger partial charge in [0.25, 0.3) is 5.56 Å². The lowest BCUT2D eigenvalue weighted by Crippen LogP contribution is -2.29. The second kappa shape index (κ2) is 10.1. The van der Waals surface area contributed by atoms with Gasteiger partial charge in [-0.3, -0.25) is 18.9 Å². The van der Waals surface area contributed by atoms with Crippen molar-refractivity contribution in [2.75, 3.05) is 10.5 Å². The third-order valence-electron chi connectivity index (χ3n) is 4.93. The molecule has 3 rings (SSSR count). The van der Waals surface area contributed by atoms with Crippen LogP contribution < -0.4 is 21.3 Å². The number of sulfonamides is 1. The van der Waals surface area contributed by atoms with Crippen molar-refractivity contribution in [3.05, 3.63) is 80.4 Å². The van der Waals surface area contributed by atoms with Gasteiger partial charge in [0.05, 0.1) is 11.4 Å². The number of amides is 1. The summed E-state index contributed by atoms with van der Waals surface area (Å²) in [5.74, 6) is -0.232. The van der Waals surface area contributed by atoms with Gasteiger partial charge in [-0.05, 0) is 49.2 Å². The Labute approximate surface area is 196 Å². The molecule has 4 N–H and O–H groups in total. The Morgan fingerprint density at radius 3 is 2.52 bits per heavy atom. The highest BCUT2D eigenvalue weighted by atomic mass is 35.5. The molecule has 1 aromatic carbocycles. The van der Waals surface area contributed by atoms with Crippen LogP contribution in [0.15, 0.2) is 47.3 Å². The molecule has 2 heterocycles. The summed E-state index contributed by atoms with van der Waals surface area (Å²) in [6.07, 6.45) is 1.15. The van der Waals surface area contributed by atoms with E-state index in [-0.39, 0.29) is 23.8 Å². The molecule has 0 bridgehead atoms. The van der Waals surface area contributed by atoms with Gasteiger partial charge in [-0.25, -0.2) is 13.4 Å². The molecule has 0 unspecified atom stereocenters. The average molecular weight is 490 g/mol. The number of pyridine rings is 2. The lowest BCUT2D eigenvalue weighted by molar-refractivity contribution is -0.109. The van der Waals surface area contributed by atoms with Crippen molar-refractivity contribution in [2.24, 2.45) is 0 Å². The fraction of sp³-hybridized carbons (Fsp3) is 0.227. The number of nitrogen functional groups attached to an aromatic ring is 1. The normalized spacial score (nSPS) is 11.2. The number of nitrogens with two attached hydrogens (primary N) is 1. The van der Waals surface area contributed by atoms with Crippen LogP contribution >= 0.6 is 11.6 Å². The molecule has 1 amide bonds. The number of nitrogens with zero attached hydrogens (tertiary/aromatic N) is 2. The first-order valence-electron chi connectivity index (χ1n) is 10.1. The molecule has 2 aromatic heterocycles. The second-order valence-electron chi connectivity index (χ2n) is 7.38. The highest BCUT2D eigenvalue weighted by Gasteiger charge is 2.20. The molecule has 0 atom stereocenters. The maximum atomic E-state index is 13.3. The van der Waals surface area contributed by atoms with E-state index in [0.29, 0.717) is 46.1 Å². The molecule has 9 nitrogen and oxygen atoms in total. The molecule has 33 heavy (non-hydrogen) atoms. The Hall–Kier alpha value is -3.37. The van der Waals surface area contributed by atoms with Gasteiger partial charge in [0, 0.05) is 28.5 Å². The van der Waals surface area contributed by atoms with Crippen LogP contribution in [0.1, 0.15) is 29.4 Å². The van der Waals surface area contributed by atoms with Gasteiger partial charge in [-0.2, -0.15) is 0 Å². The second-order valence-corrected chi connectivity index (χ2v) is 9.53. The maximum absolute atomic E-state index is 13.3. The number of aromatic nitrogens is 2. The lowest BCUT2D eigenvalue weighted by atomic mass is 10.1. The molecule has 3 aromatic rings. The van der Waals surface area contributed by atoms with Crippen LogP contribution in [0.3, 0.4) is 0 Å². The van der Waals surface area contributed by atoms with E-state index in [2.05, 4.69) is 15.0 Å². The monoisotopic (exact) mass is 489 g/mol. The molecular formula is C22H24ClN5O4S. The number of hydrogen-bond donors (Lipinski definition) is 3. The van der Waals surface area contributed by atoms with Crippen molar-refractivity contribution >= 4 is 39.5 Å². The Kier molecular flexibility index (Phi) is 7.39. The zero-order valence-corrected chi connectivity index (χ0v) is 19.7. The summed E-state index contributed by atoms with van der Waals surface area (Å²) < 4.78 is 29.1. The summed E-state index contributed by atoms with van der Waals surface area (Å²) in [7, 11) is -3.89. The third-order valence-corrected chi connectivity index (χ3v) is 6.42. The highest BCUT2D eigenvalue weighted by molar-refractivity contribution is 7.91. The van der Waals surface area contributed by atoms with Crippen molar-refractivity contribution in [1.29, 1.82) is 0 Å². The minimum absolute atomic E-state index is 0.100. The van der Waals surface area contributed by atoms with Crippen LogP contribution in [0.4, 0.5) is 11.5 Å². The van der Waals surface area contributed by atoms with Crippen LogP contribution in [0.5, 0.6) is 0 Å². The summed E-state index contributed by atoms with van der Waals surface area (Å²) in [5.41, 5.74) is 8.06. The van der Waals surface area contributed by atoms with Crippen LogP contribution in [0.2, 0.25) is 5.02 Å². The van der Waals surface area contributed by atoms with Gasteiger partial charge in [0.2, 0.25) is 16.4 Å². The summed E-state index contributed by atoms with van der Waals surface area (Å²) in [5, 5.41) is 3.07. The van der Waals surface area contributed by atoms with Crippen molar-refractivity contribution in [3.8, 4) is 5.69 Å². The SMILES string of the molecule is CCc1cc(CNC=O)c(-n2c(C)ccc(NS(=O)(=O)Cc3ccc(Cl)cc3)c2=O)c(N)n1. The lowest BCUT2D eigenvalue weighted by Gasteiger charge is -2.19. The van der Waals surface area contributed by atoms with Crippen molar-refractivity contribution in [1.82, 2.24) is 14.9 Å². The number of aryl methyl sites for hydroxylation is 2. The molecule has 0 aliphatic carbocycles. The fourth-order valence-corrected chi connectivity index (χ4v) is 4.71. The summed E-state index contributed by atoms with van der Waals surface area (Å²) in [6, 6.07) is 11.1. The zero-order valence-electron chi connectivity index (χ0n) is 18.1. The molecule has 0 aliphatic heterocycles. The molecule has 0 fully saturated rings. The Morgan fingerprint density at radius 1 is 1.18 bits per heavy atom. The average Bonchev–Trinajstić information content (AvgIpc) is 2.76. The third kappa shape index (κ3) is 5.71. The van der Waals surface area contributed by atoms with E-state index in [1.807, 2.05) is 6.92 Å². The quantitative estimate of drug-likeness (QED) is 0.395. The topological polar surface area (TPSA) is 136 Å². The molecule has 0 spiro atoms. The van der Waals surface area contributed by atoms with Gasteiger partial charge < -0.3 is 11.1 Å². The first kappa shape index (κ1) is 24.3.